The molecule has 0 aromatic rings. The van der Waals surface area contributed by atoms with Crippen LogP contribution in [-0.4, -0.2) is 56.1 Å². The molecule has 74 valence electrons. The van der Waals surface area contributed by atoms with Crippen LogP contribution in [0.2, 0.25) is 0 Å². The van der Waals surface area contributed by atoms with E-state index in [0.717, 1.165) is 19.6 Å². The smallest absolute Gasteiger partial charge is 0.317 e. The fourth-order valence-corrected chi connectivity index (χ4v) is 2.48. The van der Waals surface area contributed by atoms with Crippen molar-refractivity contribution in [1.82, 2.24) is 15.1 Å². The number of nitrogens with zero attached hydrogens (tertiary/aromatic N) is 2. The molecule has 1 spiro atoms. The van der Waals surface area contributed by atoms with Crippen molar-refractivity contribution in [3.63, 3.8) is 0 Å². The van der Waals surface area contributed by atoms with Gasteiger partial charge in [0, 0.05) is 32.1 Å². The molecule has 2 aliphatic heterocycles. The Hall–Kier alpha value is -0.770. The van der Waals surface area contributed by atoms with E-state index >= 15 is 0 Å². The second-order valence-corrected chi connectivity index (χ2v) is 4.40. The zero-order valence-corrected chi connectivity index (χ0v) is 8.34. The molecule has 0 atom stereocenters. The number of hydrogen-bond acceptors (Lipinski definition) is 2. The van der Waals surface area contributed by atoms with Crippen LogP contribution in [0.15, 0.2) is 0 Å². The molecule has 2 heterocycles. The van der Waals surface area contributed by atoms with Crippen molar-refractivity contribution in [3.8, 4) is 0 Å². The molecule has 2 aliphatic rings. The van der Waals surface area contributed by atoms with Gasteiger partial charge in [-0.3, -0.25) is 0 Å². The van der Waals surface area contributed by atoms with E-state index in [1.165, 1.54) is 13.0 Å². The summed E-state index contributed by atoms with van der Waals surface area (Å²) < 4.78 is 0. The number of hydrogen-bond donors (Lipinski definition) is 1. The van der Waals surface area contributed by atoms with Crippen molar-refractivity contribution in [2.45, 2.75) is 6.42 Å². The Labute approximate surface area is 78.9 Å². The molecule has 0 aromatic heterocycles. The van der Waals surface area contributed by atoms with Gasteiger partial charge in [0.05, 0.1) is 0 Å². The van der Waals surface area contributed by atoms with E-state index in [4.69, 9.17) is 0 Å². The molecule has 13 heavy (non-hydrogen) atoms. The monoisotopic (exact) mass is 183 g/mol. The maximum absolute atomic E-state index is 11.2. The van der Waals surface area contributed by atoms with Crippen molar-refractivity contribution in [1.29, 1.82) is 0 Å². The number of urea groups is 1. The first kappa shape index (κ1) is 8.81. The minimum absolute atomic E-state index is 0.0696. The van der Waals surface area contributed by atoms with Gasteiger partial charge in [-0.25, -0.2) is 4.79 Å². The zero-order chi connectivity index (χ0) is 9.47. The van der Waals surface area contributed by atoms with Gasteiger partial charge in [0.2, 0.25) is 0 Å². The Bertz CT molecular complexity index is 223. The lowest BCUT2D eigenvalue weighted by Gasteiger charge is -2.47. The summed E-state index contributed by atoms with van der Waals surface area (Å²) in [5, 5.41) is 2.66. The number of carbonyl (C=O) groups is 1. The zero-order valence-electron chi connectivity index (χ0n) is 8.34. The second-order valence-electron chi connectivity index (χ2n) is 4.40. The summed E-state index contributed by atoms with van der Waals surface area (Å²) in [4.78, 5) is 15.5. The highest BCUT2D eigenvalue weighted by Gasteiger charge is 2.48. The van der Waals surface area contributed by atoms with Gasteiger partial charge in [-0.2, -0.15) is 0 Å². The highest BCUT2D eigenvalue weighted by atomic mass is 16.2. The Kier molecular flexibility index (Phi) is 1.95. The van der Waals surface area contributed by atoms with Crippen molar-refractivity contribution < 1.29 is 4.79 Å². The first-order valence-corrected chi connectivity index (χ1v) is 4.80. The largest absolute Gasteiger partial charge is 0.341 e. The fraction of sp³-hybridized carbons (Fsp3) is 0.889. The van der Waals surface area contributed by atoms with Crippen LogP contribution < -0.4 is 5.32 Å². The summed E-state index contributed by atoms with van der Waals surface area (Å²) in [6.07, 6.45) is 1.25. The summed E-state index contributed by atoms with van der Waals surface area (Å²) >= 11 is 0. The van der Waals surface area contributed by atoms with Gasteiger partial charge in [0.25, 0.3) is 0 Å². The average Bonchev–Trinajstić information content (AvgIpc) is 2.43. The molecular weight excluding hydrogens is 166 g/mol. The van der Waals surface area contributed by atoms with Gasteiger partial charge in [0.1, 0.15) is 0 Å². The summed E-state index contributed by atoms with van der Waals surface area (Å²) in [6, 6.07) is 0.0696. The standard InChI is InChI=1S/C9H17N3O/c1-10-8(13)12-6-9(7-12)3-4-11(2)5-9/h3-7H2,1-2H3,(H,10,13). The second kappa shape index (κ2) is 2.87. The van der Waals surface area contributed by atoms with E-state index in [1.54, 1.807) is 7.05 Å². The van der Waals surface area contributed by atoms with Crippen LogP contribution in [0.5, 0.6) is 0 Å². The predicted molar refractivity (Wildman–Crippen MR) is 50.6 cm³/mol. The lowest BCUT2D eigenvalue weighted by molar-refractivity contribution is 0.0415. The Balaban J connectivity index is 1.87. The van der Waals surface area contributed by atoms with Crippen LogP contribution in [-0.2, 0) is 0 Å². The van der Waals surface area contributed by atoms with Gasteiger partial charge in [-0.15, -0.1) is 0 Å². The molecule has 2 saturated heterocycles. The quantitative estimate of drug-likeness (QED) is 0.572. The fourth-order valence-electron chi connectivity index (χ4n) is 2.48. The molecule has 2 rings (SSSR count). The first-order valence-electron chi connectivity index (χ1n) is 4.80. The normalized spacial score (nSPS) is 26.2. The van der Waals surface area contributed by atoms with Gasteiger partial charge in [-0.1, -0.05) is 0 Å². The Morgan fingerprint density at radius 2 is 2.08 bits per heavy atom. The molecule has 4 heteroatoms. The first-order chi connectivity index (χ1) is 6.15. The maximum atomic E-state index is 11.2. The van der Waals surface area contributed by atoms with Crippen LogP contribution in [0.4, 0.5) is 4.79 Å². The number of carbonyl (C=O) groups excluding carboxylic acids is 1. The highest BCUT2D eigenvalue weighted by molar-refractivity contribution is 5.75. The van der Waals surface area contributed by atoms with Gasteiger partial charge in [-0.05, 0) is 20.0 Å². The molecule has 1 N–H and O–H groups in total. The molecule has 0 bridgehead atoms. The molecule has 0 saturated carbocycles. The van der Waals surface area contributed by atoms with Crippen LogP contribution in [0.3, 0.4) is 0 Å². The number of nitrogens with one attached hydrogen (secondary N) is 1. The van der Waals surface area contributed by atoms with E-state index in [-0.39, 0.29) is 6.03 Å². The molecule has 0 unspecified atom stereocenters. The molecule has 4 nitrogen and oxygen atoms in total. The third kappa shape index (κ3) is 1.39. The van der Waals surface area contributed by atoms with Crippen LogP contribution >= 0.6 is 0 Å². The SMILES string of the molecule is CNC(=O)N1CC2(CCN(C)C2)C1. The van der Waals surface area contributed by atoms with Gasteiger partial charge < -0.3 is 15.1 Å². The maximum Gasteiger partial charge on any atom is 0.317 e. The van der Waals surface area contributed by atoms with E-state index in [1.807, 2.05) is 4.90 Å². The molecule has 2 fully saturated rings. The highest BCUT2D eigenvalue weighted by Crippen LogP contribution is 2.38. The van der Waals surface area contributed by atoms with E-state index in [9.17, 15) is 4.79 Å². The minimum Gasteiger partial charge on any atom is -0.341 e. The molecule has 0 radical (unpaired) electrons. The summed E-state index contributed by atoms with van der Waals surface area (Å²) in [6.45, 7) is 4.22. The number of likely N-dealkylation sites (tertiary alicyclic amines) is 2. The average molecular weight is 183 g/mol. The summed E-state index contributed by atoms with van der Waals surface area (Å²) in [5.41, 5.74) is 0.432. The van der Waals surface area contributed by atoms with Crippen molar-refractivity contribution in [2.24, 2.45) is 5.41 Å². The Morgan fingerprint density at radius 3 is 2.54 bits per heavy atom. The van der Waals surface area contributed by atoms with Crippen molar-refractivity contribution in [3.05, 3.63) is 0 Å². The number of rotatable bonds is 0. The van der Waals surface area contributed by atoms with Gasteiger partial charge >= 0.3 is 6.03 Å². The number of amides is 2. The third-order valence-electron chi connectivity index (χ3n) is 3.18. The Morgan fingerprint density at radius 1 is 1.38 bits per heavy atom. The minimum atomic E-state index is 0.0696. The molecular formula is C9H17N3O. The van der Waals surface area contributed by atoms with Gasteiger partial charge in [0.15, 0.2) is 0 Å². The predicted octanol–water partition coefficient (Wildman–Crippen LogP) is -0.0367. The van der Waals surface area contributed by atoms with Crippen LogP contribution in [0.25, 0.3) is 0 Å². The van der Waals surface area contributed by atoms with Crippen LogP contribution in [0.1, 0.15) is 6.42 Å². The van der Waals surface area contributed by atoms with E-state index < -0.39 is 0 Å². The topological polar surface area (TPSA) is 35.6 Å². The lowest BCUT2D eigenvalue weighted by atomic mass is 9.79. The van der Waals surface area contributed by atoms with Crippen molar-refractivity contribution >= 4 is 6.03 Å². The molecule has 0 aliphatic carbocycles. The van der Waals surface area contributed by atoms with Crippen molar-refractivity contribution in [2.75, 3.05) is 40.3 Å². The molecule has 2 amide bonds. The lowest BCUT2D eigenvalue weighted by Crippen LogP contribution is -2.61. The summed E-state index contributed by atoms with van der Waals surface area (Å²) in [5.74, 6) is 0. The van der Waals surface area contributed by atoms with E-state index in [2.05, 4.69) is 17.3 Å². The third-order valence-corrected chi connectivity index (χ3v) is 3.18. The summed E-state index contributed by atoms with van der Waals surface area (Å²) in [7, 11) is 3.84. The van der Waals surface area contributed by atoms with E-state index in [0.29, 0.717) is 5.41 Å². The molecule has 0 aromatic carbocycles. The van der Waals surface area contributed by atoms with Crippen LogP contribution in [0, 0.1) is 5.41 Å².